The van der Waals surface area contributed by atoms with Gasteiger partial charge in [0.15, 0.2) is 11.6 Å². The molecule has 0 saturated carbocycles. The third kappa shape index (κ3) is 5.43. The van der Waals surface area contributed by atoms with Gasteiger partial charge < -0.3 is 10.6 Å². The van der Waals surface area contributed by atoms with Gasteiger partial charge in [0.05, 0.1) is 16.9 Å². The molecule has 4 rings (SSSR count). The molecule has 0 unspecified atom stereocenters. The van der Waals surface area contributed by atoms with Crippen molar-refractivity contribution in [3.8, 4) is 11.3 Å². The smallest absolute Gasteiger partial charge is 0.251 e. The summed E-state index contributed by atoms with van der Waals surface area (Å²) in [7, 11) is 1.84. The number of nitrogens with one attached hydrogen (secondary N) is 2. The lowest BCUT2D eigenvalue weighted by atomic mass is 9.85. The molecule has 1 aromatic heterocycles. The maximum atomic E-state index is 13.8. The first-order valence-corrected chi connectivity index (χ1v) is 11.5. The second kappa shape index (κ2) is 11.3. The number of carbonyl (C=O) groups is 1. The first-order valence-electron chi connectivity index (χ1n) is 11.2. The standard InChI is InChI=1S/C25H27ClF2N4O.ClH/c1-3-4-15-11-17(5-7-19(15)24-20(26)13-30-32(24)2)25(33)31-23-14-29-10-9-18(23)16-6-8-21(27)22(28)12-16;/h5-8,11-13,18,23,29H,3-4,9-10,14H2,1-2H3,(H,31,33);1H/t18-,23+;/m0./s1. The Bertz CT molecular complexity index is 1150. The lowest BCUT2D eigenvalue weighted by Gasteiger charge is -2.33. The second-order valence-electron chi connectivity index (χ2n) is 8.44. The summed E-state index contributed by atoms with van der Waals surface area (Å²) in [6.45, 7) is 3.39. The highest BCUT2D eigenvalue weighted by molar-refractivity contribution is 6.33. The van der Waals surface area contributed by atoms with Gasteiger partial charge >= 0.3 is 0 Å². The number of aryl methyl sites for hydroxylation is 2. The summed E-state index contributed by atoms with van der Waals surface area (Å²) in [5, 5.41) is 11.2. The first kappa shape index (κ1) is 26.1. The molecule has 2 aromatic carbocycles. The predicted molar refractivity (Wildman–Crippen MR) is 133 cm³/mol. The van der Waals surface area contributed by atoms with E-state index in [4.69, 9.17) is 11.6 Å². The minimum Gasteiger partial charge on any atom is -0.347 e. The molecule has 0 bridgehead atoms. The number of carbonyl (C=O) groups excluding carboxylic acids is 1. The zero-order valence-electron chi connectivity index (χ0n) is 19.1. The molecule has 1 amide bonds. The highest BCUT2D eigenvalue weighted by Crippen LogP contribution is 2.32. The van der Waals surface area contributed by atoms with Crippen molar-refractivity contribution in [3.63, 3.8) is 0 Å². The third-order valence-corrected chi connectivity index (χ3v) is 6.48. The summed E-state index contributed by atoms with van der Waals surface area (Å²) in [6, 6.07) is 9.34. The van der Waals surface area contributed by atoms with Crippen molar-refractivity contribution >= 4 is 29.9 Å². The molecule has 2 N–H and O–H groups in total. The van der Waals surface area contributed by atoms with Gasteiger partial charge in [0.25, 0.3) is 5.91 Å². The van der Waals surface area contributed by atoms with Gasteiger partial charge in [-0.25, -0.2) is 8.78 Å². The molecule has 0 aliphatic carbocycles. The molecule has 0 radical (unpaired) electrons. The van der Waals surface area contributed by atoms with E-state index >= 15 is 0 Å². The van der Waals surface area contributed by atoms with Gasteiger partial charge in [-0.1, -0.05) is 37.1 Å². The Balaban J connectivity index is 0.00000324. The van der Waals surface area contributed by atoms with Crippen molar-refractivity contribution < 1.29 is 13.6 Å². The van der Waals surface area contributed by atoms with E-state index in [9.17, 15) is 13.6 Å². The van der Waals surface area contributed by atoms with Crippen LogP contribution in [0.2, 0.25) is 5.02 Å². The van der Waals surface area contributed by atoms with E-state index in [1.54, 1.807) is 23.0 Å². The van der Waals surface area contributed by atoms with Crippen LogP contribution in [0, 0.1) is 11.6 Å². The summed E-state index contributed by atoms with van der Waals surface area (Å²) in [5.41, 5.74) is 4.04. The molecule has 2 atom stereocenters. The van der Waals surface area contributed by atoms with Gasteiger partial charge in [-0.15, -0.1) is 12.4 Å². The zero-order chi connectivity index (χ0) is 23.5. The molecule has 1 saturated heterocycles. The minimum atomic E-state index is -0.871. The quantitative estimate of drug-likeness (QED) is 0.476. The molecular weight excluding hydrogens is 481 g/mol. The van der Waals surface area contributed by atoms with Gasteiger partial charge in [-0.2, -0.15) is 5.10 Å². The highest BCUT2D eigenvalue weighted by Gasteiger charge is 2.29. The summed E-state index contributed by atoms with van der Waals surface area (Å²) in [6.07, 6.45) is 4.04. The average Bonchev–Trinajstić information content (AvgIpc) is 3.14. The van der Waals surface area contributed by atoms with Crippen LogP contribution in [-0.4, -0.2) is 34.8 Å². The maximum absolute atomic E-state index is 13.8. The normalized spacial score (nSPS) is 17.8. The summed E-state index contributed by atoms with van der Waals surface area (Å²) < 4.78 is 29.0. The largest absolute Gasteiger partial charge is 0.347 e. The van der Waals surface area contributed by atoms with E-state index in [-0.39, 0.29) is 30.3 Å². The molecule has 1 aliphatic rings. The lowest BCUT2D eigenvalue weighted by Crippen LogP contribution is -2.50. The van der Waals surface area contributed by atoms with E-state index in [1.165, 1.54) is 6.07 Å². The maximum Gasteiger partial charge on any atom is 0.251 e. The molecule has 1 aliphatic heterocycles. The average molecular weight is 509 g/mol. The minimum absolute atomic E-state index is 0. The van der Waals surface area contributed by atoms with E-state index in [0.717, 1.165) is 48.7 Å². The van der Waals surface area contributed by atoms with Gasteiger partial charge in [0.1, 0.15) is 0 Å². The summed E-state index contributed by atoms with van der Waals surface area (Å²) in [5.74, 6) is -2.04. The number of amides is 1. The fourth-order valence-corrected chi connectivity index (χ4v) is 4.83. The van der Waals surface area contributed by atoms with Crippen molar-refractivity contribution in [1.29, 1.82) is 0 Å². The summed E-state index contributed by atoms with van der Waals surface area (Å²) >= 11 is 6.36. The third-order valence-electron chi connectivity index (χ3n) is 6.21. The molecular formula is C25H28Cl2F2N4O. The van der Waals surface area contributed by atoms with Crippen LogP contribution in [0.1, 0.15) is 47.2 Å². The molecule has 182 valence electrons. The van der Waals surface area contributed by atoms with Crippen LogP contribution in [-0.2, 0) is 13.5 Å². The van der Waals surface area contributed by atoms with Gasteiger partial charge in [-0.05, 0) is 54.8 Å². The number of piperidine rings is 1. The Labute approximate surface area is 209 Å². The monoisotopic (exact) mass is 508 g/mol. The Kier molecular flexibility index (Phi) is 8.68. The van der Waals surface area contributed by atoms with E-state index in [0.29, 0.717) is 22.7 Å². The van der Waals surface area contributed by atoms with Crippen LogP contribution in [0.4, 0.5) is 8.78 Å². The van der Waals surface area contributed by atoms with E-state index in [1.807, 2.05) is 19.2 Å². The van der Waals surface area contributed by atoms with Crippen molar-refractivity contribution in [2.45, 2.75) is 38.1 Å². The van der Waals surface area contributed by atoms with Gasteiger partial charge in [0.2, 0.25) is 0 Å². The number of nitrogens with zero attached hydrogens (tertiary/aromatic N) is 2. The number of aromatic nitrogens is 2. The zero-order valence-corrected chi connectivity index (χ0v) is 20.6. The molecule has 1 fully saturated rings. The number of benzene rings is 2. The topological polar surface area (TPSA) is 59.0 Å². The molecule has 0 spiro atoms. The Morgan fingerprint density at radius 2 is 2.03 bits per heavy atom. The van der Waals surface area contributed by atoms with E-state index < -0.39 is 11.6 Å². The van der Waals surface area contributed by atoms with Crippen molar-refractivity contribution in [2.24, 2.45) is 7.05 Å². The fraction of sp³-hybridized carbons (Fsp3) is 0.360. The van der Waals surface area contributed by atoms with Crippen LogP contribution < -0.4 is 10.6 Å². The van der Waals surface area contributed by atoms with Crippen molar-refractivity contribution in [2.75, 3.05) is 13.1 Å². The van der Waals surface area contributed by atoms with Crippen LogP contribution >= 0.6 is 24.0 Å². The molecule has 2 heterocycles. The number of rotatable bonds is 6. The van der Waals surface area contributed by atoms with Crippen LogP contribution in [0.5, 0.6) is 0 Å². The number of hydrogen-bond acceptors (Lipinski definition) is 3. The second-order valence-corrected chi connectivity index (χ2v) is 8.85. The molecule has 9 heteroatoms. The van der Waals surface area contributed by atoms with Crippen molar-refractivity contribution in [1.82, 2.24) is 20.4 Å². The number of halogens is 4. The van der Waals surface area contributed by atoms with Crippen LogP contribution in [0.25, 0.3) is 11.3 Å². The Morgan fingerprint density at radius 3 is 2.71 bits per heavy atom. The van der Waals surface area contributed by atoms with Gasteiger partial charge in [-0.3, -0.25) is 9.48 Å². The predicted octanol–water partition coefficient (Wildman–Crippen LogP) is 5.27. The van der Waals surface area contributed by atoms with Crippen LogP contribution in [0.3, 0.4) is 0 Å². The molecule has 5 nitrogen and oxygen atoms in total. The molecule has 3 aromatic rings. The summed E-state index contributed by atoms with van der Waals surface area (Å²) in [4.78, 5) is 13.2. The SMILES string of the molecule is CCCc1cc(C(=O)N[C@@H]2CNCC[C@H]2c2ccc(F)c(F)c2)ccc1-c1c(Cl)cnn1C.Cl. The van der Waals surface area contributed by atoms with Crippen LogP contribution in [0.15, 0.2) is 42.6 Å². The molecule has 34 heavy (non-hydrogen) atoms. The fourth-order valence-electron chi connectivity index (χ4n) is 4.56. The Hall–Kier alpha value is -2.48. The lowest BCUT2D eigenvalue weighted by molar-refractivity contribution is 0.0924. The van der Waals surface area contributed by atoms with Gasteiger partial charge in [0, 0.05) is 36.7 Å². The number of hydrogen-bond donors (Lipinski definition) is 2. The van der Waals surface area contributed by atoms with E-state index in [2.05, 4.69) is 22.7 Å². The van der Waals surface area contributed by atoms with Crippen molar-refractivity contribution in [3.05, 3.63) is 75.9 Å². The Morgan fingerprint density at radius 1 is 1.24 bits per heavy atom. The highest BCUT2D eigenvalue weighted by atomic mass is 35.5. The first-order chi connectivity index (χ1) is 15.9.